The van der Waals surface area contributed by atoms with Gasteiger partial charge in [-0.1, -0.05) is 38.1 Å². The summed E-state index contributed by atoms with van der Waals surface area (Å²) in [6.07, 6.45) is 1.67. The standard InChI is InChI=1S/C20H27N3O3/c1-20(2)13-23-17(15-5-3-4-6-16(15)20)11-22(12-18(23)24)19(25)21-14-7-9-26-10-8-14/h3-6,14,17H,7-13H2,1-2H3,(H,21,25). The Hall–Kier alpha value is -2.08. The molecule has 3 amide bonds. The van der Waals surface area contributed by atoms with Crippen LogP contribution in [0.25, 0.3) is 0 Å². The fourth-order valence-electron chi connectivity index (χ4n) is 4.44. The summed E-state index contributed by atoms with van der Waals surface area (Å²) in [5.41, 5.74) is 2.37. The average Bonchev–Trinajstić information content (AvgIpc) is 2.63. The molecule has 1 atom stereocenters. The Morgan fingerprint density at radius 3 is 2.73 bits per heavy atom. The Kier molecular flexibility index (Phi) is 4.39. The van der Waals surface area contributed by atoms with Crippen LogP contribution in [0.1, 0.15) is 43.9 Å². The minimum absolute atomic E-state index is 0.0333. The molecule has 1 aromatic rings. The van der Waals surface area contributed by atoms with Crippen LogP contribution in [0, 0.1) is 0 Å². The van der Waals surface area contributed by atoms with E-state index >= 15 is 0 Å². The van der Waals surface area contributed by atoms with Crippen LogP contribution in [0.2, 0.25) is 0 Å². The average molecular weight is 357 g/mol. The van der Waals surface area contributed by atoms with E-state index < -0.39 is 0 Å². The SMILES string of the molecule is CC1(C)CN2C(=O)CN(C(=O)NC3CCOCC3)CC2c2ccccc21. The topological polar surface area (TPSA) is 61.9 Å². The molecule has 1 unspecified atom stereocenters. The molecule has 3 aliphatic rings. The number of hydrogen-bond donors (Lipinski definition) is 1. The van der Waals surface area contributed by atoms with Gasteiger partial charge in [0.25, 0.3) is 0 Å². The van der Waals surface area contributed by atoms with Gasteiger partial charge < -0.3 is 19.9 Å². The Labute approximate surface area is 154 Å². The zero-order chi connectivity index (χ0) is 18.3. The van der Waals surface area contributed by atoms with Crippen molar-refractivity contribution >= 4 is 11.9 Å². The molecule has 0 saturated carbocycles. The minimum Gasteiger partial charge on any atom is -0.381 e. The van der Waals surface area contributed by atoms with E-state index in [0.29, 0.717) is 26.3 Å². The van der Waals surface area contributed by atoms with E-state index in [1.165, 1.54) is 11.1 Å². The van der Waals surface area contributed by atoms with Crippen LogP contribution >= 0.6 is 0 Å². The normalized spacial score (nSPS) is 25.5. The zero-order valence-electron chi connectivity index (χ0n) is 15.5. The van der Waals surface area contributed by atoms with E-state index in [0.717, 1.165) is 12.8 Å². The number of hydrogen-bond acceptors (Lipinski definition) is 3. The Morgan fingerprint density at radius 2 is 1.96 bits per heavy atom. The lowest BCUT2D eigenvalue weighted by molar-refractivity contribution is -0.140. The van der Waals surface area contributed by atoms with Gasteiger partial charge in [0.15, 0.2) is 0 Å². The molecule has 1 aromatic carbocycles. The second-order valence-corrected chi connectivity index (χ2v) is 8.23. The molecular formula is C20H27N3O3. The van der Waals surface area contributed by atoms with E-state index in [2.05, 4.69) is 37.4 Å². The van der Waals surface area contributed by atoms with Crippen molar-refractivity contribution in [1.29, 1.82) is 0 Å². The summed E-state index contributed by atoms with van der Waals surface area (Å²) in [7, 11) is 0. The van der Waals surface area contributed by atoms with Crippen molar-refractivity contribution in [1.82, 2.24) is 15.1 Å². The second kappa shape index (κ2) is 6.58. The lowest BCUT2D eigenvalue weighted by Gasteiger charge is -2.49. The number of nitrogens with zero attached hydrogens (tertiary/aromatic N) is 2. The quantitative estimate of drug-likeness (QED) is 0.837. The van der Waals surface area contributed by atoms with Crippen molar-refractivity contribution in [2.24, 2.45) is 0 Å². The van der Waals surface area contributed by atoms with E-state index in [4.69, 9.17) is 4.74 Å². The maximum absolute atomic E-state index is 12.8. The molecule has 140 valence electrons. The minimum atomic E-state index is -0.132. The molecule has 26 heavy (non-hydrogen) atoms. The molecule has 0 aromatic heterocycles. The molecule has 3 aliphatic heterocycles. The van der Waals surface area contributed by atoms with E-state index in [1.54, 1.807) is 4.90 Å². The maximum atomic E-state index is 12.8. The first-order valence-corrected chi connectivity index (χ1v) is 9.48. The first kappa shape index (κ1) is 17.3. The molecule has 1 N–H and O–H groups in total. The van der Waals surface area contributed by atoms with Crippen LogP contribution in [-0.2, 0) is 14.9 Å². The molecule has 4 rings (SSSR count). The van der Waals surface area contributed by atoms with Gasteiger partial charge in [0.2, 0.25) is 5.91 Å². The Balaban J connectivity index is 1.55. The summed E-state index contributed by atoms with van der Waals surface area (Å²) in [6, 6.07) is 8.27. The number of rotatable bonds is 1. The molecule has 3 heterocycles. The maximum Gasteiger partial charge on any atom is 0.318 e. The fourth-order valence-corrected chi connectivity index (χ4v) is 4.44. The largest absolute Gasteiger partial charge is 0.381 e. The number of urea groups is 1. The van der Waals surface area contributed by atoms with Crippen molar-refractivity contribution in [3.05, 3.63) is 35.4 Å². The summed E-state index contributed by atoms with van der Waals surface area (Å²) in [4.78, 5) is 29.2. The third-order valence-electron chi connectivity index (χ3n) is 5.87. The summed E-state index contributed by atoms with van der Waals surface area (Å²) >= 11 is 0. The highest BCUT2D eigenvalue weighted by atomic mass is 16.5. The third kappa shape index (κ3) is 3.07. The lowest BCUT2D eigenvalue weighted by atomic mass is 9.75. The molecule has 2 fully saturated rings. The zero-order valence-corrected chi connectivity index (χ0v) is 15.5. The number of piperazine rings is 1. The van der Waals surface area contributed by atoms with E-state index in [1.807, 2.05) is 11.0 Å². The molecule has 0 radical (unpaired) electrons. The molecule has 0 bridgehead atoms. The van der Waals surface area contributed by atoms with Crippen LogP contribution in [0.3, 0.4) is 0 Å². The van der Waals surface area contributed by atoms with Crippen molar-refractivity contribution in [3.63, 3.8) is 0 Å². The predicted molar refractivity (Wildman–Crippen MR) is 97.9 cm³/mol. The van der Waals surface area contributed by atoms with Gasteiger partial charge in [-0.25, -0.2) is 4.79 Å². The lowest BCUT2D eigenvalue weighted by Crippen LogP contribution is -2.60. The van der Waals surface area contributed by atoms with Gasteiger partial charge in [-0.3, -0.25) is 4.79 Å². The van der Waals surface area contributed by atoms with Crippen LogP contribution in [-0.4, -0.2) is 60.6 Å². The molecular weight excluding hydrogens is 330 g/mol. The highest BCUT2D eigenvalue weighted by Gasteiger charge is 2.44. The number of amides is 3. The van der Waals surface area contributed by atoms with Crippen molar-refractivity contribution in [2.75, 3.05) is 32.8 Å². The third-order valence-corrected chi connectivity index (χ3v) is 5.87. The molecule has 0 spiro atoms. The fraction of sp³-hybridized carbons (Fsp3) is 0.600. The Morgan fingerprint density at radius 1 is 1.23 bits per heavy atom. The van der Waals surface area contributed by atoms with Crippen molar-refractivity contribution in [3.8, 4) is 0 Å². The highest BCUT2D eigenvalue weighted by molar-refractivity contribution is 5.86. The summed E-state index contributed by atoms with van der Waals surface area (Å²) in [5.74, 6) is 0.0333. The predicted octanol–water partition coefficient (Wildman–Crippen LogP) is 2.05. The monoisotopic (exact) mass is 357 g/mol. The number of nitrogens with one attached hydrogen (secondary N) is 1. The van der Waals surface area contributed by atoms with Gasteiger partial charge in [-0.15, -0.1) is 0 Å². The molecule has 0 aliphatic carbocycles. The number of fused-ring (bicyclic) bond motifs is 3. The smallest absolute Gasteiger partial charge is 0.318 e. The van der Waals surface area contributed by atoms with E-state index in [-0.39, 0.29) is 36.0 Å². The van der Waals surface area contributed by atoms with Crippen LogP contribution < -0.4 is 5.32 Å². The second-order valence-electron chi connectivity index (χ2n) is 8.23. The van der Waals surface area contributed by atoms with Crippen molar-refractivity contribution in [2.45, 2.75) is 44.2 Å². The van der Waals surface area contributed by atoms with Crippen LogP contribution in [0.5, 0.6) is 0 Å². The number of ether oxygens (including phenoxy) is 1. The first-order chi connectivity index (χ1) is 12.5. The molecule has 6 nitrogen and oxygen atoms in total. The van der Waals surface area contributed by atoms with E-state index in [9.17, 15) is 9.59 Å². The summed E-state index contributed by atoms with van der Waals surface area (Å²) in [6.45, 7) is 7.13. The Bertz CT molecular complexity index is 712. The highest BCUT2D eigenvalue weighted by Crippen LogP contribution is 2.41. The van der Waals surface area contributed by atoms with Gasteiger partial charge in [0.05, 0.1) is 6.04 Å². The number of carbonyl (C=O) groups excluding carboxylic acids is 2. The first-order valence-electron chi connectivity index (χ1n) is 9.48. The molecule has 2 saturated heterocycles. The van der Waals surface area contributed by atoms with Crippen LogP contribution in [0.4, 0.5) is 4.79 Å². The number of benzene rings is 1. The van der Waals surface area contributed by atoms with Gasteiger partial charge in [0.1, 0.15) is 6.54 Å². The van der Waals surface area contributed by atoms with Gasteiger partial charge in [-0.2, -0.15) is 0 Å². The van der Waals surface area contributed by atoms with Gasteiger partial charge in [0, 0.05) is 37.8 Å². The molecule has 6 heteroatoms. The summed E-state index contributed by atoms with van der Waals surface area (Å²) in [5, 5.41) is 3.08. The van der Waals surface area contributed by atoms with Gasteiger partial charge in [-0.05, 0) is 24.0 Å². The summed E-state index contributed by atoms with van der Waals surface area (Å²) < 4.78 is 5.35. The number of carbonyl (C=O) groups is 2. The van der Waals surface area contributed by atoms with Crippen LogP contribution in [0.15, 0.2) is 24.3 Å². The van der Waals surface area contributed by atoms with Gasteiger partial charge >= 0.3 is 6.03 Å². The van der Waals surface area contributed by atoms with Crippen molar-refractivity contribution < 1.29 is 14.3 Å².